The van der Waals surface area contributed by atoms with Gasteiger partial charge in [0.1, 0.15) is 11.5 Å². The number of ether oxygens (including phenoxy) is 2. The number of ketones is 1. The fourth-order valence-electron chi connectivity index (χ4n) is 3.14. The molecule has 7 nitrogen and oxygen atoms in total. The highest BCUT2D eigenvalue weighted by Gasteiger charge is 2.16. The Morgan fingerprint density at radius 3 is 2.52 bits per heavy atom. The third-order valence-electron chi connectivity index (χ3n) is 4.67. The number of thioether (sulfide) groups is 1. The predicted octanol–water partition coefficient (Wildman–Crippen LogP) is 3.97. The Kier molecular flexibility index (Phi) is 7.36. The molecule has 0 aliphatic heterocycles. The average Bonchev–Trinajstić information content (AvgIpc) is 2.75. The standard InChI is InChI=1S/C23H24N2O5S/c1-4-30-16-10-8-15(9-11-16)12-18-21(27)24-23(25-22(18)28)31-13-19-17(14(2)26)6-5-7-20(19)29-3/h5-11H,4,12-13H2,1-3H3,(H2,24,25,27,28). The zero-order valence-corrected chi connectivity index (χ0v) is 18.4. The van der Waals surface area contributed by atoms with E-state index in [1.54, 1.807) is 18.2 Å². The third-order valence-corrected chi connectivity index (χ3v) is 5.57. The van der Waals surface area contributed by atoms with E-state index in [4.69, 9.17) is 9.47 Å². The first-order valence-corrected chi connectivity index (χ1v) is 10.7. The first-order valence-electron chi connectivity index (χ1n) is 9.76. The summed E-state index contributed by atoms with van der Waals surface area (Å²) in [4.78, 5) is 31.4. The lowest BCUT2D eigenvalue weighted by atomic mass is 10.0. The number of carbonyl (C=O) groups is 1. The maximum atomic E-state index is 12.6. The molecule has 1 heterocycles. The lowest BCUT2D eigenvalue weighted by Gasteiger charge is -2.12. The molecule has 0 saturated heterocycles. The molecular formula is C23H24N2O5S. The Labute approximate surface area is 184 Å². The summed E-state index contributed by atoms with van der Waals surface area (Å²) in [5.74, 6) is 1.28. The lowest BCUT2D eigenvalue weighted by molar-refractivity contribution is 0.101. The molecule has 162 valence electrons. The number of hydrogen-bond donors (Lipinski definition) is 2. The molecule has 3 rings (SSSR count). The minimum atomic E-state index is -0.407. The van der Waals surface area contributed by atoms with Crippen LogP contribution in [0.1, 0.15) is 40.9 Å². The van der Waals surface area contributed by atoms with Gasteiger partial charge in [0.15, 0.2) is 10.9 Å². The number of aromatic hydroxyl groups is 1. The van der Waals surface area contributed by atoms with E-state index in [0.29, 0.717) is 29.2 Å². The largest absolute Gasteiger partial charge is 0.496 e. The number of benzene rings is 2. The normalized spacial score (nSPS) is 10.7. The summed E-state index contributed by atoms with van der Waals surface area (Å²) in [6, 6.07) is 12.6. The van der Waals surface area contributed by atoms with Crippen molar-refractivity contribution in [1.29, 1.82) is 0 Å². The fraction of sp³-hybridized carbons (Fsp3) is 0.261. The molecule has 0 radical (unpaired) electrons. The van der Waals surface area contributed by atoms with E-state index in [2.05, 4.69) is 9.97 Å². The Morgan fingerprint density at radius 2 is 1.90 bits per heavy atom. The van der Waals surface area contributed by atoms with Crippen LogP contribution in [-0.4, -0.2) is 34.6 Å². The number of nitrogens with zero attached hydrogens (tertiary/aromatic N) is 1. The highest BCUT2D eigenvalue weighted by Crippen LogP contribution is 2.30. The third kappa shape index (κ3) is 5.46. The quantitative estimate of drug-likeness (QED) is 0.295. The van der Waals surface area contributed by atoms with Gasteiger partial charge in [-0.15, -0.1) is 0 Å². The molecule has 3 aromatic rings. The molecule has 31 heavy (non-hydrogen) atoms. The van der Waals surface area contributed by atoms with E-state index in [1.807, 2.05) is 31.2 Å². The summed E-state index contributed by atoms with van der Waals surface area (Å²) in [6.45, 7) is 3.97. The van der Waals surface area contributed by atoms with Crippen LogP contribution in [0, 0.1) is 0 Å². The molecule has 0 atom stereocenters. The van der Waals surface area contributed by atoms with Crippen LogP contribution >= 0.6 is 11.8 Å². The maximum absolute atomic E-state index is 12.6. The van der Waals surface area contributed by atoms with Crippen molar-refractivity contribution in [2.24, 2.45) is 0 Å². The molecule has 8 heteroatoms. The van der Waals surface area contributed by atoms with Gasteiger partial charge in [-0.3, -0.25) is 9.59 Å². The number of carbonyl (C=O) groups excluding carboxylic acids is 1. The van der Waals surface area contributed by atoms with Crippen molar-refractivity contribution >= 4 is 17.5 Å². The molecule has 2 N–H and O–H groups in total. The molecular weight excluding hydrogens is 416 g/mol. The SMILES string of the molecule is CCOc1ccc(Cc2c(O)nc(SCc3c(OC)cccc3C(C)=O)[nH]c2=O)cc1. The lowest BCUT2D eigenvalue weighted by Crippen LogP contribution is -2.15. The van der Waals surface area contributed by atoms with Crippen molar-refractivity contribution in [3.05, 3.63) is 75.1 Å². The number of methoxy groups -OCH3 is 1. The van der Waals surface area contributed by atoms with Crippen molar-refractivity contribution in [3.63, 3.8) is 0 Å². The first kappa shape index (κ1) is 22.4. The monoisotopic (exact) mass is 440 g/mol. The fourth-order valence-corrected chi connectivity index (χ4v) is 4.04. The Morgan fingerprint density at radius 1 is 1.16 bits per heavy atom. The molecule has 0 fully saturated rings. The Balaban J connectivity index is 1.78. The van der Waals surface area contributed by atoms with Gasteiger partial charge in [0, 0.05) is 23.3 Å². The van der Waals surface area contributed by atoms with Gasteiger partial charge in [-0.25, -0.2) is 0 Å². The Hall–Kier alpha value is -3.26. The van der Waals surface area contributed by atoms with Gasteiger partial charge >= 0.3 is 0 Å². The van der Waals surface area contributed by atoms with Crippen molar-refractivity contribution in [3.8, 4) is 17.4 Å². The van der Waals surface area contributed by atoms with E-state index in [-0.39, 0.29) is 28.8 Å². The van der Waals surface area contributed by atoms with Crippen molar-refractivity contribution in [2.45, 2.75) is 31.2 Å². The van der Waals surface area contributed by atoms with Gasteiger partial charge in [0.05, 0.1) is 19.3 Å². The van der Waals surface area contributed by atoms with E-state index >= 15 is 0 Å². The van der Waals surface area contributed by atoms with Crippen LogP contribution < -0.4 is 15.0 Å². The van der Waals surface area contributed by atoms with Gasteiger partial charge in [0.25, 0.3) is 5.56 Å². The van der Waals surface area contributed by atoms with Gasteiger partial charge in [0.2, 0.25) is 5.88 Å². The highest BCUT2D eigenvalue weighted by atomic mass is 32.2. The minimum Gasteiger partial charge on any atom is -0.496 e. The van der Waals surface area contributed by atoms with Crippen LogP contribution in [0.25, 0.3) is 0 Å². The minimum absolute atomic E-state index is 0.0792. The number of aromatic nitrogens is 2. The molecule has 2 aromatic carbocycles. The number of nitrogens with one attached hydrogen (secondary N) is 1. The average molecular weight is 441 g/mol. The number of rotatable bonds is 9. The van der Waals surface area contributed by atoms with Gasteiger partial charge in [-0.05, 0) is 37.6 Å². The second-order valence-corrected chi connectivity index (χ2v) is 7.72. The van der Waals surface area contributed by atoms with Crippen molar-refractivity contribution < 1.29 is 19.4 Å². The first-order chi connectivity index (χ1) is 14.9. The molecule has 0 aliphatic carbocycles. The molecule has 0 bridgehead atoms. The topological polar surface area (TPSA) is 102 Å². The van der Waals surface area contributed by atoms with Crippen LogP contribution in [0.15, 0.2) is 52.4 Å². The smallest absolute Gasteiger partial charge is 0.258 e. The van der Waals surface area contributed by atoms with Crippen LogP contribution in [0.5, 0.6) is 17.4 Å². The zero-order chi connectivity index (χ0) is 22.4. The summed E-state index contributed by atoms with van der Waals surface area (Å²) in [5.41, 5.74) is 1.89. The number of Topliss-reactive ketones (excluding diaryl/α,β-unsaturated/α-hetero) is 1. The summed E-state index contributed by atoms with van der Waals surface area (Å²) in [6.07, 6.45) is 0.243. The number of hydrogen-bond acceptors (Lipinski definition) is 7. The van der Waals surface area contributed by atoms with E-state index in [1.165, 1.54) is 25.8 Å². The second kappa shape index (κ2) is 10.2. The van der Waals surface area contributed by atoms with E-state index in [9.17, 15) is 14.7 Å². The number of aromatic amines is 1. The summed E-state index contributed by atoms with van der Waals surface area (Å²) < 4.78 is 10.8. The van der Waals surface area contributed by atoms with Crippen LogP contribution in [0.4, 0.5) is 0 Å². The van der Waals surface area contributed by atoms with E-state index < -0.39 is 5.56 Å². The summed E-state index contributed by atoms with van der Waals surface area (Å²) in [7, 11) is 1.54. The highest BCUT2D eigenvalue weighted by molar-refractivity contribution is 7.98. The maximum Gasteiger partial charge on any atom is 0.258 e. The summed E-state index contributed by atoms with van der Waals surface area (Å²) >= 11 is 1.21. The van der Waals surface area contributed by atoms with Crippen molar-refractivity contribution in [2.75, 3.05) is 13.7 Å². The number of H-pyrrole nitrogens is 1. The zero-order valence-electron chi connectivity index (χ0n) is 17.6. The second-order valence-electron chi connectivity index (χ2n) is 6.76. The van der Waals surface area contributed by atoms with Crippen LogP contribution in [-0.2, 0) is 12.2 Å². The molecule has 0 amide bonds. The van der Waals surface area contributed by atoms with Gasteiger partial charge in [-0.1, -0.05) is 36.0 Å². The molecule has 0 spiro atoms. The van der Waals surface area contributed by atoms with Crippen LogP contribution in [0.3, 0.4) is 0 Å². The molecule has 0 saturated carbocycles. The Bertz CT molecular complexity index is 1130. The van der Waals surface area contributed by atoms with Gasteiger partial charge in [-0.2, -0.15) is 4.98 Å². The van der Waals surface area contributed by atoms with E-state index in [0.717, 1.165) is 11.3 Å². The predicted molar refractivity (Wildman–Crippen MR) is 119 cm³/mol. The molecule has 0 aliphatic rings. The molecule has 0 unspecified atom stereocenters. The summed E-state index contributed by atoms with van der Waals surface area (Å²) in [5, 5.41) is 10.6. The van der Waals surface area contributed by atoms with Gasteiger partial charge < -0.3 is 19.6 Å². The molecule has 1 aromatic heterocycles. The van der Waals surface area contributed by atoms with Crippen LogP contribution in [0.2, 0.25) is 0 Å². The van der Waals surface area contributed by atoms with Crippen molar-refractivity contribution in [1.82, 2.24) is 9.97 Å².